The number of ketones is 2. The molecule has 6 nitrogen and oxygen atoms in total. The summed E-state index contributed by atoms with van der Waals surface area (Å²) in [4.78, 5) is 45.7. The molecule has 14 heavy (non-hydrogen) atoms. The van der Waals surface area contributed by atoms with Gasteiger partial charge >= 0.3 is 0 Å². The van der Waals surface area contributed by atoms with Gasteiger partial charge in [0.05, 0.1) is 6.42 Å². The van der Waals surface area contributed by atoms with Gasteiger partial charge in [0.1, 0.15) is 25.3 Å². The van der Waals surface area contributed by atoms with Crippen LogP contribution in [0.2, 0.25) is 0 Å². The Morgan fingerprint density at radius 2 is 1.36 bits per heavy atom. The predicted octanol–water partition coefficient (Wildman–Crippen LogP) is -2.09. The van der Waals surface area contributed by atoms with Gasteiger partial charge in [-0.05, 0) is 6.92 Å². The Labute approximate surface area is 93.4 Å². The van der Waals surface area contributed by atoms with E-state index in [0.717, 1.165) is 6.92 Å². The van der Waals surface area contributed by atoms with Crippen LogP contribution in [0.5, 0.6) is 0 Å². The van der Waals surface area contributed by atoms with E-state index < -0.39 is 24.0 Å². The Kier molecular flexibility index (Phi) is 29.2. The minimum absolute atomic E-state index is 0. The van der Waals surface area contributed by atoms with Gasteiger partial charge in [-0.3, -0.25) is 9.59 Å². The summed E-state index contributed by atoms with van der Waals surface area (Å²) >= 11 is 0. The van der Waals surface area contributed by atoms with Gasteiger partial charge in [0, 0.05) is 19.5 Å². The number of Topliss-reactive ketones (excluding diaryl/α,β-unsaturated/α-hetero) is 2. The van der Waals surface area contributed by atoms with Crippen LogP contribution in [0.3, 0.4) is 0 Å². The molecule has 0 aromatic carbocycles. The number of carbonyl (C=O) groups is 5. The van der Waals surface area contributed by atoms with Gasteiger partial charge in [-0.25, -0.2) is 0 Å². The summed E-state index contributed by atoms with van der Waals surface area (Å²) in [7, 11) is 0. The van der Waals surface area contributed by atoms with Crippen molar-refractivity contribution >= 4 is 31.1 Å². The van der Waals surface area contributed by atoms with E-state index in [1.54, 1.807) is 0 Å². The van der Waals surface area contributed by atoms with E-state index in [4.69, 9.17) is 9.59 Å². The molecular formula is C7H9O6Rh-. The molecule has 0 unspecified atom stereocenters. The molecular weight excluding hydrogens is 283 g/mol. The first-order chi connectivity index (χ1) is 6.04. The number of aliphatic carboxylic acids is 1. The molecule has 0 aliphatic carbocycles. The van der Waals surface area contributed by atoms with Crippen molar-refractivity contribution in [2.75, 3.05) is 0 Å². The number of rotatable bonds is 3. The van der Waals surface area contributed by atoms with Gasteiger partial charge in [0.15, 0.2) is 5.78 Å². The second-order valence-corrected chi connectivity index (χ2v) is 1.59. The van der Waals surface area contributed by atoms with Crippen LogP contribution in [0.25, 0.3) is 0 Å². The Morgan fingerprint density at radius 3 is 1.43 bits per heavy atom. The number of carboxylic acids is 1. The Bertz CT molecular complexity index is 189. The van der Waals surface area contributed by atoms with E-state index in [1.807, 2.05) is 13.6 Å². The molecule has 0 N–H and O–H groups in total. The van der Waals surface area contributed by atoms with E-state index in [-0.39, 0.29) is 19.5 Å². The molecule has 0 heterocycles. The van der Waals surface area contributed by atoms with Gasteiger partial charge in [-0.1, -0.05) is 0 Å². The maximum atomic E-state index is 10.1. The molecule has 0 amide bonds. The summed E-state index contributed by atoms with van der Waals surface area (Å²) in [6.45, 7) is 5.14. The predicted molar refractivity (Wildman–Crippen MR) is 39.6 cm³/mol. The molecule has 7 heteroatoms. The summed E-state index contributed by atoms with van der Waals surface area (Å²) in [6.07, 6.45) is -0.567. The second kappa shape index (κ2) is 17.8. The molecule has 0 atom stereocenters. The molecule has 0 aliphatic heterocycles. The molecule has 0 bridgehead atoms. The number of hydrogen-bond donors (Lipinski definition) is 0. The van der Waals surface area contributed by atoms with Crippen LogP contribution in [0, 0.1) is 0 Å². The van der Waals surface area contributed by atoms with E-state index in [0.29, 0.717) is 0 Å². The van der Waals surface area contributed by atoms with Gasteiger partial charge in [-0.2, -0.15) is 0 Å². The summed E-state index contributed by atoms with van der Waals surface area (Å²) < 4.78 is 0. The molecule has 0 saturated carbocycles. The average molecular weight is 292 g/mol. The fourth-order valence-electron chi connectivity index (χ4n) is 0.298. The minimum atomic E-state index is -1.80. The third-order valence-corrected chi connectivity index (χ3v) is 0.637. The SMILES string of the molecule is C=O.C=O.CC(=O)CC(=O)C(=O)[O-].[Rh]. The zero-order chi connectivity index (χ0) is 11.4. The maximum Gasteiger partial charge on any atom is 0.185 e. The molecule has 83 valence electrons. The Morgan fingerprint density at radius 1 is 1.07 bits per heavy atom. The molecule has 0 fully saturated rings. The van der Waals surface area contributed by atoms with Crippen LogP contribution in [0.15, 0.2) is 0 Å². The molecule has 1 radical (unpaired) electrons. The van der Waals surface area contributed by atoms with Crippen LogP contribution in [0.1, 0.15) is 13.3 Å². The van der Waals surface area contributed by atoms with Crippen molar-refractivity contribution in [3.8, 4) is 0 Å². The van der Waals surface area contributed by atoms with E-state index >= 15 is 0 Å². The minimum Gasteiger partial charge on any atom is -0.542 e. The zero-order valence-electron chi connectivity index (χ0n) is 7.40. The summed E-state index contributed by atoms with van der Waals surface area (Å²) in [5, 5.41) is 9.62. The first-order valence-corrected chi connectivity index (χ1v) is 2.85. The molecule has 0 spiro atoms. The van der Waals surface area contributed by atoms with Crippen molar-refractivity contribution in [2.45, 2.75) is 13.3 Å². The Hall–Kier alpha value is -1.23. The number of carboxylic acid groups (broad SMARTS) is 1. The van der Waals surface area contributed by atoms with Gasteiger partial charge in [0.2, 0.25) is 0 Å². The average Bonchev–Trinajstić information content (AvgIpc) is 2.10. The Balaban J connectivity index is -0.0000000883. The normalized spacial score (nSPS) is 6.07. The van der Waals surface area contributed by atoms with Crippen LogP contribution < -0.4 is 5.11 Å². The third-order valence-electron chi connectivity index (χ3n) is 0.637. The van der Waals surface area contributed by atoms with Crippen molar-refractivity contribution in [3.63, 3.8) is 0 Å². The molecule has 0 aliphatic rings. The van der Waals surface area contributed by atoms with Crippen LogP contribution >= 0.6 is 0 Å². The second-order valence-electron chi connectivity index (χ2n) is 1.59. The fraction of sp³-hybridized carbons (Fsp3) is 0.286. The van der Waals surface area contributed by atoms with Crippen LogP contribution in [-0.2, 0) is 43.5 Å². The van der Waals surface area contributed by atoms with Crippen molar-refractivity contribution in [3.05, 3.63) is 0 Å². The van der Waals surface area contributed by atoms with Gasteiger partial charge < -0.3 is 19.5 Å². The van der Waals surface area contributed by atoms with Crippen molar-refractivity contribution < 1.29 is 48.6 Å². The summed E-state index contributed by atoms with van der Waals surface area (Å²) in [5.74, 6) is -3.43. The van der Waals surface area contributed by atoms with E-state index in [1.165, 1.54) is 0 Å². The zero-order valence-corrected chi connectivity index (χ0v) is 9.04. The largest absolute Gasteiger partial charge is 0.542 e. The number of hydrogen-bond acceptors (Lipinski definition) is 6. The summed E-state index contributed by atoms with van der Waals surface area (Å²) in [6, 6.07) is 0. The smallest absolute Gasteiger partial charge is 0.185 e. The van der Waals surface area contributed by atoms with Gasteiger partial charge in [-0.15, -0.1) is 0 Å². The topological polar surface area (TPSA) is 108 Å². The molecule has 0 rings (SSSR count). The van der Waals surface area contributed by atoms with Crippen LogP contribution in [0.4, 0.5) is 0 Å². The molecule has 0 saturated heterocycles. The van der Waals surface area contributed by atoms with Crippen molar-refractivity contribution in [1.82, 2.24) is 0 Å². The standard InChI is InChI=1S/C5H6O4.2CH2O.Rh/c1-3(6)2-4(7)5(8)9;2*1-2;/h2H2,1H3,(H,8,9);2*1H2;/p-1. The van der Waals surface area contributed by atoms with Gasteiger partial charge in [0.25, 0.3) is 0 Å². The number of carbonyl (C=O) groups excluding carboxylic acids is 5. The molecule has 0 aromatic rings. The quantitative estimate of drug-likeness (QED) is 0.335. The van der Waals surface area contributed by atoms with Crippen LogP contribution in [-0.4, -0.2) is 31.1 Å². The van der Waals surface area contributed by atoms with E-state index in [2.05, 4.69) is 0 Å². The van der Waals surface area contributed by atoms with Crippen molar-refractivity contribution in [1.29, 1.82) is 0 Å². The monoisotopic (exact) mass is 292 g/mol. The van der Waals surface area contributed by atoms with Crippen molar-refractivity contribution in [2.24, 2.45) is 0 Å². The third kappa shape index (κ3) is 22.4. The first kappa shape index (κ1) is 23.0. The fourth-order valence-corrected chi connectivity index (χ4v) is 0.298. The molecule has 0 aromatic heterocycles. The first-order valence-electron chi connectivity index (χ1n) is 2.85. The summed E-state index contributed by atoms with van der Waals surface area (Å²) in [5.41, 5.74) is 0. The van der Waals surface area contributed by atoms with E-state index in [9.17, 15) is 19.5 Å². The maximum absolute atomic E-state index is 10.1.